The molecular weight excluding hydrogens is 390 g/mol. The van der Waals surface area contributed by atoms with Gasteiger partial charge in [-0.25, -0.2) is 9.67 Å². The number of aryl methyl sites for hydroxylation is 2. The predicted octanol–water partition coefficient (Wildman–Crippen LogP) is 3.49. The van der Waals surface area contributed by atoms with Gasteiger partial charge in [0, 0.05) is 11.1 Å². The molecule has 8 heteroatoms. The first-order chi connectivity index (χ1) is 13.9. The van der Waals surface area contributed by atoms with Crippen LogP contribution in [0.2, 0.25) is 5.02 Å². The van der Waals surface area contributed by atoms with Gasteiger partial charge >= 0.3 is 0 Å². The minimum atomic E-state index is -0.358. The zero-order valence-electron chi connectivity index (χ0n) is 15.9. The summed E-state index contributed by atoms with van der Waals surface area (Å²) in [4.78, 5) is 29.5. The van der Waals surface area contributed by atoms with Crippen LogP contribution < -0.4 is 10.9 Å². The lowest BCUT2D eigenvalue weighted by Crippen LogP contribution is -2.28. The first kappa shape index (κ1) is 18.9. The summed E-state index contributed by atoms with van der Waals surface area (Å²) < 4.78 is 2.92. The van der Waals surface area contributed by atoms with Gasteiger partial charge in [-0.3, -0.25) is 14.2 Å². The number of carbonyl (C=O) groups is 1. The Balaban J connectivity index is 1.60. The monoisotopic (exact) mass is 407 g/mol. The molecule has 0 unspecified atom stereocenters. The second-order valence-electron chi connectivity index (χ2n) is 6.81. The minimum Gasteiger partial charge on any atom is -0.309 e. The van der Waals surface area contributed by atoms with Crippen LogP contribution in [0.15, 0.2) is 59.7 Å². The van der Waals surface area contributed by atoms with Crippen LogP contribution in [0.5, 0.6) is 0 Å². The van der Waals surface area contributed by atoms with Gasteiger partial charge < -0.3 is 5.32 Å². The molecule has 4 aromatic rings. The smallest absolute Gasteiger partial charge is 0.261 e. The standard InChI is InChI=1S/C21H18ClN5O2/c1-13-3-6-16(7-4-13)27-19(9-14(2)25-27)24-20(28)11-26-12-23-18-8-5-15(22)10-17(18)21(26)29/h3-10,12H,11H2,1-2H3,(H,24,28). The predicted molar refractivity (Wildman–Crippen MR) is 113 cm³/mol. The fourth-order valence-electron chi connectivity index (χ4n) is 3.05. The third-order valence-corrected chi connectivity index (χ3v) is 4.71. The zero-order chi connectivity index (χ0) is 20.5. The van der Waals surface area contributed by atoms with Crippen molar-refractivity contribution in [3.63, 3.8) is 0 Å². The van der Waals surface area contributed by atoms with Crippen molar-refractivity contribution in [2.75, 3.05) is 5.32 Å². The van der Waals surface area contributed by atoms with Crippen molar-refractivity contribution in [1.29, 1.82) is 0 Å². The first-order valence-corrected chi connectivity index (χ1v) is 9.37. The Morgan fingerprint density at radius 2 is 1.86 bits per heavy atom. The first-order valence-electron chi connectivity index (χ1n) is 8.99. The molecule has 0 atom stereocenters. The van der Waals surface area contributed by atoms with Gasteiger partial charge in [0.15, 0.2) is 0 Å². The van der Waals surface area contributed by atoms with Crippen LogP contribution in [0, 0.1) is 13.8 Å². The van der Waals surface area contributed by atoms with Crippen LogP contribution in [0.1, 0.15) is 11.3 Å². The van der Waals surface area contributed by atoms with Gasteiger partial charge in [-0.1, -0.05) is 29.3 Å². The third kappa shape index (κ3) is 3.90. The molecule has 4 rings (SSSR count). The number of carbonyl (C=O) groups excluding carboxylic acids is 1. The Kier molecular flexibility index (Phi) is 4.90. The van der Waals surface area contributed by atoms with E-state index < -0.39 is 0 Å². The summed E-state index contributed by atoms with van der Waals surface area (Å²) >= 11 is 5.98. The maximum absolute atomic E-state index is 12.7. The zero-order valence-corrected chi connectivity index (χ0v) is 16.6. The van der Waals surface area contributed by atoms with Gasteiger partial charge in [-0.2, -0.15) is 5.10 Å². The number of aromatic nitrogens is 4. The van der Waals surface area contributed by atoms with E-state index in [4.69, 9.17) is 11.6 Å². The Bertz CT molecular complexity index is 1270. The highest BCUT2D eigenvalue weighted by atomic mass is 35.5. The quantitative estimate of drug-likeness (QED) is 0.561. The summed E-state index contributed by atoms with van der Waals surface area (Å²) in [6.45, 7) is 3.68. The number of nitrogens with zero attached hydrogens (tertiary/aromatic N) is 4. The molecule has 0 aliphatic rings. The van der Waals surface area contributed by atoms with Crippen molar-refractivity contribution in [3.8, 4) is 5.69 Å². The molecule has 0 saturated heterocycles. The molecule has 146 valence electrons. The number of amides is 1. The maximum atomic E-state index is 12.7. The summed E-state index contributed by atoms with van der Waals surface area (Å²) in [6, 6.07) is 14.5. The third-order valence-electron chi connectivity index (χ3n) is 4.48. The molecule has 1 N–H and O–H groups in total. The van der Waals surface area contributed by atoms with E-state index in [0.717, 1.165) is 16.9 Å². The van der Waals surface area contributed by atoms with E-state index in [2.05, 4.69) is 15.4 Å². The largest absolute Gasteiger partial charge is 0.309 e. The van der Waals surface area contributed by atoms with Gasteiger partial charge in [0.1, 0.15) is 12.4 Å². The van der Waals surface area contributed by atoms with Crippen LogP contribution in [-0.2, 0) is 11.3 Å². The Labute approximate surface area is 171 Å². The van der Waals surface area contributed by atoms with Gasteiger partial charge in [0.05, 0.1) is 28.6 Å². The lowest BCUT2D eigenvalue weighted by molar-refractivity contribution is -0.116. The average molecular weight is 408 g/mol. The molecule has 0 aliphatic carbocycles. The number of hydrogen-bond acceptors (Lipinski definition) is 4. The molecule has 29 heavy (non-hydrogen) atoms. The highest BCUT2D eigenvalue weighted by Gasteiger charge is 2.13. The molecular formula is C21H18ClN5O2. The number of nitrogens with one attached hydrogen (secondary N) is 1. The normalized spacial score (nSPS) is 11.0. The van der Waals surface area contributed by atoms with Crippen LogP contribution >= 0.6 is 11.6 Å². The van der Waals surface area contributed by atoms with Crippen LogP contribution in [0.4, 0.5) is 5.82 Å². The lowest BCUT2D eigenvalue weighted by Gasteiger charge is -2.10. The highest BCUT2D eigenvalue weighted by molar-refractivity contribution is 6.31. The van der Waals surface area contributed by atoms with E-state index in [1.165, 1.54) is 10.9 Å². The van der Waals surface area contributed by atoms with E-state index in [9.17, 15) is 9.59 Å². The highest BCUT2D eigenvalue weighted by Crippen LogP contribution is 2.18. The molecule has 0 saturated carbocycles. The fraction of sp³-hybridized carbons (Fsp3) is 0.143. The second-order valence-corrected chi connectivity index (χ2v) is 7.24. The fourth-order valence-corrected chi connectivity index (χ4v) is 3.22. The van der Waals surface area contributed by atoms with E-state index >= 15 is 0 Å². The van der Waals surface area contributed by atoms with Crippen molar-refractivity contribution in [3.05, 3.63) is 81.5 Å². The number of hydrogen-bond donors (Lipinski definition) is 1. The van der Waals surface area contributed by atoms with Gasteiger partial charge in [-0.05, 0) is 44.2 Å². The Morgan fingerprint density at radius 3 is 2.62 bits per heavy atom. The van der Waals surface area contributed by atoms with Crippen LogP contribution in [-0.4, -0.2) is 25.2 Å². The van der Waals surface area contributed by atoms with Crippen LogP contribution in [0.25, 0.3) is 16.6 Å². The molecule has 0 bridgehead atoms. The Morgan fingerprint density at radius 1 is 1.10 bits per heavy atom. The van der Waals surface area contributed by atoms with Gasteiger partial charge in [0.2, 0.25) is 5.91 Å². The van der Waals surface area contributed by atoms with Crippen molar-refractivity contribution < 1.29 is 4.79 Å². The molecule has 7 nitrogen and oxygen atoms in total. The molecule has 0 radical (unpaired) electrons. The molecule has 2 aromatic carbocycles. The van der Waals surface area contributed by atoms with Gasteiger partial charge in [0.25, 0.3) is 5.56 Å². The minimum absolute atomic E-state index is 0.174. The van der Waals surface area contributed by atoms with Crippen molar-refractivity contribution in [1.82, 2.24) is 19.3 Å². The molecule has 1 amide bonds. The number of halogens is 1. The van der Waals surface area contributed by atoms with E-state index in [0.29, 0.717) is 21.7 Å². The summed E-state index contributed by atoms with van der Waals surface area (Å²) in [5.41, 5.74) is 2.93. The second kappa shape index (κ2) is 7.52. The summed E-state index contributed by atoms with van der Waals surface area (Å²) in [5.74, 6) is 0.171. The van der Waals surface area contributed by atoms with Crippen molar-refractivity contribution in [2.45, 2.75) is 20.4 Å². The molecule has 2 aromatic heterocycles. The van der Waals surface area contributed by atoms with Crippen molar-refractivity contribution >= 4 is 34.2 Å². The number of rotatable bonds is 4. The van der Waals surface area contributed by atoms with Gasteiger partial charge in [-0.15, -0.1) is 0 Å². The van der Waals surface area contributed by atoms with E-state index in [-0.39, 0.29) is 18.0 Å². The number of benzene rings is 2. The lowest BCUT2D eigenvalue weighted by atomic mass is 10.2. The van der Waals surface area contributed by atoms with E-state index in [1.807, 2.05) is 38.1 Å². The number of fused-ring (bicyclic) bond motifs is 1. The summed E-state index contributed by atoms with van der Waals surface area (Å²) in [7, 11) is 0. The number of anilines is 1. The Hall–Kier alpha value is -3.45. The SMILES string of the molecule is Cc1ccc(-n2nc(C)cc2NC(=O)Cn2cnc3ccc(Cl)cc3c2=O)cc1. The topological polar surface area (TPSA) is 81.8 Å². The maximum Gasteiger partial charge on any atom is 0.261 e. The molecule has 0 aliphatic heterocycles. The molecule has 0 fully saturated rings. The molecule has 2 heterocycles. The summed E-state index contributed by atoms with van der Waals surface area (Å²) in [6.07, 6.45) is 1.36. The van der Waals surface area contributed by atoms with Crippen molar-refractivity contribution in [2.24, 2.45) is 0 Å². The molecule has 0 spiro atoms. The van der Waals surface area contributed by atoms with E-state index in [1.54, 1.807) is 28.9 Å². The summed E-state index contributed by atoms with van der Waals surface area (Å²) in [5, 5.41) is 8.08. The average Bonchev–Trinajstić information content (AvgIpc) is 3.05. The van der Waals surface area contributed by atoms with Crippen LogP contribution in [0.3, 0.4) is 0 Å².